The minimum atomic E-state index is -1.21. The van der Waals surface area contributed by atoms with Gasteiger partial charge in [-0.1, -0.05) is 23.7 Å². The highest BCUT2D eigenvalue weighted by molar-refractivity contribution is 7.20. The maximum Gasteiger partial charge on any atom is 0.337 e. The molecule has 2 aromatic heterocycles. The molecule has 0 aliphatic rings. The van der Waals surface area contributed by atoms with E-state index in [1.807, 2.05) is 24.3 Å². The molecule has 4 rings (SSSR count). The van der Waals surface area contributed by atoms with Gasteiger partial charge in [0.15, 0.2) is 10.8 Å². The van der Waals surface area contributed by atoms with E-state index in [2.05, 4.69) is 4.98 Å². The number of Topliss-reactive ketones (excluding diaryl/α,β-unsaturated/α-hetero) is 1. The first-order chi connectivity index (χ1) is 13.4. The van der Waals surface area contributed by atoms with Gasteiger partial charge in [-0.15, -0.1) is 22.7 Å². The van der Waals surface area contributed by atoms with Crippen molar-refractivity contribution in [3.05, 3.63) is 74.1 Å². The molecule has 0 amide bonds. The molecule has 140 valence electrons. The number of para-hydroxylation sites is 1. The van der Waals surface area contributed by atoms with Gasteiger partial charge in [0.25, 0.3) is 0 Å². The Morgan fingerprint density at radius 1 is 1.14 bits per heavy atom. The predicted octanol–water partition coefficient (Wildman–Crippen LogP) is 5.94. The molecule has 28 heavy (non-hydrogen) atoms. The van der Waals surface area contributed by atoms with Gasteiger partial charge in [-0.2, -0.15) is 0 Å². The number of halogens is 2. The third-order valence-corrected chi connectivity index (χ3v) is 6.45. The first kappa shape index (κ1) is 18.7. The van der Waals surface area contributed by atoms with E-state index in [1.165, 1.54) is 23.5 Å². The highest BCUT2D eigenvalue weighted by Crippen LogP contribution is 2.35. The van der Waals surface area contributed by atoms with Crippen molar-refractivity contribution in [2.75, 3.05) is 0 Å². The molecule has 1 N–H and O–H groups in total. The molecule has 0 radical (unpaired) electrons. The molecular formula is C20H11ClFNO3S2. The fraction of sp³-hybridized carbons (Fsp3) is 0.0500. The number of carbonyl (C=O) groups excluding carboxylic acids is 1. The Morgan fingerprint density at radius 2 is 1.93 bits per heavy atom. The van der Waals surface area contributed by atoms with Crippen molar-refractivity contribution in [1.82, 2.24) is 4.98 Å². The Hall–Kier alpha value is -2.61. The largest absolute Gasteiger partial charge is 0.478 e. The standard InChI is InChI=1S/C20H11ClFNO3S2/c21-10-5-6-11(13(22)7-10)12-9-27-17(18(12)20(25)26)8-15(24)19-23-14-3-1-2-4-16(14)28-19/h1-7,9H,8H2,(H,25,26). The molecule has 0 saturated heterocycles. The molecule has 0 saturated carbocycles. The van der Waals surface area contributed by atoms with Crippen LogP contribution in [0.3, 0.4) is 0 Å². The average molecular weight is 432 g/mol. The number of benzene rings is 2. The smallest absolute Gasteiger partial charge is 0.337 e. The number of rotatable bonds is 5. The zero-order valence-corrected chi connectivity index (χ0v) is 16.5. The Kier molecular flexibility index (Phi) is 4.97. The number of hydrogen-bond acceptors (Lipinski definition) is 5. The lowest BCUT2D eigenvalue weighted by molar-refractivity contribution is 0.0697. The molecule has 2 heterocycles. The fourth-order valence-corrected chi connectivity index (χ4v) is 4.98. The summed E-state index contributed by atoms with van der Waals surface area (Å²) in [7, 11) is 0. The minimum Gasteiger partial charge on any atom is -0.478 e. The Labute approximate surface area is 171 Å². The first-order valence-corrected chi connectivity index (χ1v) is 10.2. The highest BCUT2D eigenvalue weighted by atomic mass is 35.5. The SMILES string of the molecule is O=C(Cc1scc(-c2ccc(Cl)cc2F)c1C(=O)O)c1nc2ccccc2s1. The highest BCUT2D eigenvalue weighted by Gasteiger charge is 2.24. The topological polar surface area (TPSA) is 67.3 Å². The van der Waals surface area contributed by atoms with Crippen LogP contribution in [0, 0.1) is 5.82 Å². The van der Waals surface area contributed by atoms with E-state index in [1.54, 1.807) is 5.38 Å². The summed E-state index contributed by atoms with van der Waals surface area (Å²) in [6.45, 7) is 0. The minimum absolute atomic E-state index is 0.0688. The van der Waals surface area contributed by atoms with Crippen molar-refractivity contribution in [3.63, 3.8) is 0 Å². The summed E-state index contributed by atoms with van der Waals surface area (Å²) in [6.07, 6.45) is -0.110. The number of aromatic nitrogens is 1. The van der Waals surface area contributed by atoms with Gasteiger partial charge in [0.2, 0.25) is 0 Å². The summed E-state index contributed by atoms with van der Waals surface area (Å²) in [4.78, 5) is 29.2. The Balaban J connectivity index is 1.71. The number of carbonyl (C=O) groups is 2. The van der Waals surface area contributed by atoms with Crippen LogP contribution in [0.1, 0.15) is 25.0 Å². The van der Waals surface area contributed by atoms with Crippen LogP contribution in [0.25, 0.3) is 21.3 Å². The van der Waals surface area contributed by atoms with Crippen LogP contribution in [0.2, 0.25) is 5.02 Å². The molecule has 0 atom stereocenters. The fourth-order valence-electron chi connectivity index (χ4n) is 2.88. The summed E-state index contributed by atoms with van der Waals surface area (Å²) >= 11 is 8.16. The molecule has 8 heteroatoms. The van der Waals surface area contributed by atoms with Crippen molar-refractivity contribution in [2.45, 2.75) is 6.42 Å². The van der Waals surface area contributed by atoms with E-state index in [-0.39, 0.29) is 33.9 Å². The van der Waals surface area contributed by atoms with E-state index in [9.17, 15) is 19.1 Å². The Morgan fingerprint density at radius 3 is 2.64 bits per heavy atom. The molecule has 0 bridgehead atoms. The van der Waals surface area contributed by atoms with Crippen molar-refractivity contribution in [2.24, 2.45) is 0 Å². The normalized spacial score (nSPS) is 11.1. The molecule has 4 aromatic rings. The monoisotopic (exact) mass is 431 g/mol. The number of fused-ring (bicyclic) bond motifs is 1. The van der Waals surface area contributed by atoms with Crippen molar-refractivity contribution in [1.29, 1.82) is 0 Å². The molecule has 0 aliphatic carbocycles. The number of hydrogen-bond donors (Lipinski definition) is 1. The number of carboxylic acids is 1. The maximum atomic E-state index is 14.3. The Bertz CT molecular complexity index is 1200. The van der Waals surface area contributed by atoms with Crippen LogP contribution in [-0.2, 0) is 6.42 Å². The summed E-state index contributed by atoms with van der Waals surface area (Å²) in [6, 6.07) is 11.5. The van der Waals surface area contributed by atoms with E-state index in [0.29, 0.717) is 9.88 Å². The molecule has 2 aromatic carbocycles. The van der Waals surface area contributed by atoms with E-state index >= 15 is 0 Å². The van der Waals surface area contributed by atoms with E-state index < -0.39 is 11.8 Å². The number of nitrogens with zero attached hydrogens (tertiary/aromatic N) is 1. The first-order valence-electron chi connectivity index (χ1n) is 8.12. The van der Waals surface area contributed by atoms with Gasteiger partial charge < -0.3 is 5.11 Å². The van der Waals surface area contributed by atoms with Crippen LogP contribution >= 0.6 is 34.3 Å². The molecular weight excluding hydrogens is 421 g/mol. The lowest BCUT2D eigenvalue weighted by Gasteiger charge is -2.05. The van der Waals surface area contributed by atoms with Crippen LogP contribution < -0.4 is 0 Å². The molecule has 4 nitrogen and oxygen atoms in total. The third kappa shape index (κ3) is 3.44. The zero-order chi connectivity index (χ0) is 19.8. The van der Waals surface area contributed by atoms with Gasteiger partial charge in [-0.3, -0.25) is 4.79 Å². The van der Waals surface area contributed by atoms with Gasteiger partial charge in [0.1, 0.15) is 5.82 Å². The zero-order valence-electron chi connectivity index (χ0n) is 14.1. The van der Waals surface area contributed by atoms with Crippen LogP contribution in [0.4, 0.5) is 4.39 Å². The summed E-state index contributed by atoms with van der Waals surface area (Å²) in [5, 5.41) is 11.8. The molecule has 0 unspecified atom stereocenters. The lowest BCUT2D eigenvalue weighted by atomic mass is 10.0. The average Bonchev–Trinajstić information content (AvgIpc) is 3.26. The quantitative estimate of drug-likeness (QED) is 0.397. The summed E-state index contributed by atoms with van der Waals surface area (Å²) in [5.41, 5.74) is 1.03. The molecule has 0 aliphatic heterocycles. The van der Waals surface area contributed by atoms with Gasteiger partial charge in [-0.05, 0) is 35.7 Å². The van der Waals surface area contributed by atoms with Crippen LogP contribution in [0.5, 0.6) is 0 Å². The third-order valence-electron chi connectivity index (χ3n) is 4.16. The molecule has 0 fully saturated rings. The number of thiazole rings is 1. The van der Waals surface area contributed by atoms with Crippen molar-refractivity contribution >= 4 is 56.2 Å². The summed E-state index contributed by atoms with van der Waals surface area (Å²) in [5.74, 6) is -2.09. The van der Waals surface area contributed by atoms with Crippen LogP contribution in [-0.4, -0.2) is 21.8 Å². The second-order valence-corrected chi connectivity index (χ2v) is 8.39. The van der Waals surface area contributed by atoms with Crippen molar-refractivity contribution < 1.29 is 19.1 Å². The predicted molar refractivity (Wildman–Crippen MR) is 109 cm³/mol. The van der Waals surface area contributed by atoms with Crippen LogP contribution in [0.15, 0.2) is 47.8 Å². The van der Waals surface area contributed by atoms with Crippen molar-refractivity contribution in [3.8, 4) is 11.1 Å². The second-order valence-electron chi connectivity index (χ2n) is 5.96. The number of thiophene rings is 1. The number of aromatic carboxylic acids is 1. The summed E-state index contributed by atoms with van der Waals surface area (Å²) < 4.78 is 15.2. The number of carboxylic acid groups (broad SMARTS) is 1. The van der Waals surface area contributed by atoms with Gasteiger partial charge in [0.05, 0.1) is 15.8 Å². The number of ketones is 1. The van der Waals surface area contributed by atoms with Gasteiger partial charge >= 0.3 is 5.97 Å². The van der Waals surface area contributed by atoms with Gasteiger partial charge in [0, 0.05) is 27.4 Å². The maximum absolute atomic E-state index is 14.3. The molecule has 0 spiro atoms. The van der Waals surface area contributed by atoms with E-state index in [0.717, 1.165) is 27.6 Å². The van der Waals surface area contributed by atoms with E-state index in [4.69, 9.17) is 11.6 Å². The lowest BCUT2D eigenvalue weighted by Crippen LogP contribution is -2.07. The second kappa shape index (κ2) is 7.43. The van der Waals surface area contributed by atoms with Gasteiger partial charge in [-0.25, -0.2) is 14.2 Å².